The van der Waals surface area contributed by atoms with E-state index in [2.05, 4.69) is 17.0 Å². The summed E-state index contributed by atoms with van der Waals surface area (Å²) in [6, 6.07) is 16.7. The fourth-order valence-corrected chi connectivity index (χ4v) is 3.45. The average molecular weight is 378 g/mol. The number of anilines is 1. The fourth-order valence-electron chi connectivity index (χ4n) is 3.45. The molecule has 1 saturated heterocycles. The lowest BCUT2D eigenvalue weighted by Crippen LogP contribution is -2.53. The maximum Gasteiger partial charge on any atom is 0.239 e. The number of nitriles is 1. The van der Waals surface area contributed by atoms with E-state index in [-0.39, 0.29) is 5.91 Å². The molecule has 6 heteroatoms. The van der Waals surface area contributed by atoms with E-state index < -0.39 is 6.04 Å². The normalized spacial score (nSPS) is 15.0. The quantitative estimate of drug-likeness (QED) is 0.833. The molecule has 1 amide bonds. The Bertz CT molecular complexity index is 836. The molecule has 1 unspecified atom stereocenters. The third-order valence-corrected chi connectivity index (χ3v) is 4.95. The number of hydrogen-bond acceptors (Lipinski definition) is 5. The van der Waals surface area contributed by atoms with Gasteiger partial charge in [-0.3, -0.25) is 4.79 Å². The fraction of sp³-hybridized carbons (Fsp3) is 0.364. The van der Waals surface area contributed by atoms with Gasteiger partial charge in [0.2, 0.25) is 5.91 Å². The number of carbonyl (C=O) groups excluding carboxylic acids is 1. The van der Waals surface area contributed by atoms with Crippen molar-refractivity contribution in [3.8, 4) is 11.8 Å². The van der Waals surface area contributed by atoms with Crippen LogP contribution in [-0.2, 0) is 11.2 Å². The number of amides is 1. The number of ether oxygens (including phenoxy) is 1. The minimum Gasteiger partial charge on any atom is -0.492 e. The smallest absolute Gasteiger partial charge is 0.239 e. The summed E-state index contributed by atoms with van der Waals surface area (Å²) in [6.07, 6.45) is 0.470. The molecule has 0 aliphatic carbocycles. The van der Waals surface area contributed by atoms with Crippen molar-refractivity contribution in [2.75, 3.05) is 37.7 Å². The van der Waals surface area contributed by atoms with E-state index in [1.807, 2.05) is 42.2 Å². The van der Waals surface area contributed by atoms with Crippen LogP contribution in [0.2, 0.25) is 0 Å². The van der Waals surface area contributed by atoms with Crippen molar-refractivity contribution in [3.05, 3.63) is 59.7 Å². The summed E-state index contributed by atoms with van der Waals surface area (Å²) in [5, 5.41) is 8.87. The average Bonchev–Trinajstić information content (AvgIpc) is 2.74. The van der Waals surface area contributed by atoms with E-state index in [1.165, 1.54) is 0 Å². The molecule has 1 heterocycles. The first kappa shape index (κ1) is 19.7. The summed E-state index contributed by atoms with van der Waals surface area (Å²) in [7, 11) is 0. The predicted octanol–water partition coefficient (Wildman–Crippen LogP) is 2.18. The summed E-state index contributed by atoms with van der Waals surface area (Å²) < 4.78 is 5.72. The lowest BCUT2D eigenvalue weighted by Gasteiger charge is -2.37. The minimum absolute atomic E-state index is 0.0258. The van der Waals surface area contributed by atoms with E-state index in [0.717, 1.165) is 30.1 Å². The van der Waals surface area contributed by atoms with Gasteiger partial charge in [-0.15, -0.1) is 0 Å². The van der Waals surface area contributed by atoms with Gasteiger partial charge < -0.3 is 20.3 Å². The third-order valence-electron chi connectivity index (χ3n) is 4.95. The van der Waals surface area contributed by atoms with Crippen LogP contribution >= 0.6 is 0 Å². The molecule has 3 rings (SSSR count). The van der Waals surface area contributed by atoms with Gasteiger partial charge in [0.25, 0.3) is 0 Å². The number of hydrogen-bond donors (Lipinski definition) is 1. The molecular formula is C22H26N4O2. The monoisotopic (exact) mass is 378 g/mol. The molecule has 1 aliphatic heterocycles. The van der Waals surface area contributed by atoms with Gasteiger partial charge in [-0.1, -0.05) is 24.3 Å². The van der Waals surface area contributed by atoms with Crippen LogP contribution in [0.4, 0.5) is 5.69 Å². The van der Waals surface area contributed by atoms with Crippen molar-refractivity contribution in [2.24, 2.45) is 5.73 Å². The first-order chi connectivity index (χ1) is 13.6. The second-order valence-electron chi connectivity index (χ2n) is 6.83. The Labute approximate surface area is 166 Å². The van der Waals surface area contributed by atoms with Crippen molar-refractivity contribution in [2.45, 2.75) is 19.4 Å². The number of nitrogens with two attached hydrogens (primary N) is 1. The van der Waals surface area contributed by atoms with Gasteiger partial charge in [0.15, 0.2) is 0 Å². The minimum atomic E-state index is -0.574. The van der Waals surface area contributed by atoms with Crippen LogP contribution in [-0.4, -0.2) is 49.6 Å². The number of piperazine rings is 1. The van der Waals surface area contributed by atoms with Crippen LogP contribution in [0.3, 0.4) is 0 Å². The third kappa shape index (κ3) is 4.62. The van der Waals surface area contributed by atoms with Crippen molar-refractivity contribution in [3.63, 3.8) is 0 Å². The van der Waals surface area contributed by atoms with Crippen molar-refractivity contribution in [1.29, 1.82) is 5.26 Å². The lowest BCUT2D eigenvalue weighted by atomic mass is 10.0. The standard InChI is InChI=1S/C22H26N4O2/c1-2-28-21-6-4-3-5-20(21)25-11-13-26(14-12-25)22(27)19(24)15-17-7-9-18(16-23)10-8-17/h3-10,19H,2,11-15,24H2,1H3. The largest absolute Gasteiger partial charge is 0.492 e. The Morgan fingerprint density at radius 2 is 1.82 bits per heavy atom. The Morgan fingerprint density at radius 3 is 2.46 bits per heavy atom. The van der Waals surface area contributed by atoms with E-state index in [1.54, 1.807) is 12.1 Å². The highest BCUT2D eigenvalue weighted by molar-refractivity contribution is 5.82. The summed E-state index contributed by atoms with van der Waals surface area (Å²) >= 11 is 0. The number of benzene rings is 2. The maximum absolute atomic E-state index is 12.7. The molecule has 2 N–H and O–H groups in total. The van der Waals surface area contributed by atoms with Gasteiger partial charge in [0, 0.05) is 26.2 Å². The zero-order valence-corrected chi connectivity index (χ0v) is 16.2. The first-order valence-corrected chi connectivity index (χ1v) is 9.62. The molecule has 2 aromatic carbocycles. The van der Waals surface area contributed by atoms with Crippen LogP contribution < -0.4 is 15.4 Å². The molecule has 1 fully saturated rings. The first-order valence-electron chi connectivity index (χ1n) is 9.62. The van der Waals surface area contributed by atoms with Crippen LogP contribution in [0.25, 0.3) is 0 Å². The molecule has 28 heavy (non-hydrogen) atoms. The summed E-state index contributed by atoms with van der Waals surface area (Å²) in [5.41, 5.74) is 8.80. The number of carbonyl (C=O) groups is 1. The predicted molar refractivity (Wildman–Crippen MR) is 109 cm³/mol. The number of para-hydroxylation sites is 2. The van der Waals surface area contributed by atoms with Gasteiger partial charge >= 0.3 is 0 Å². The molecule has 0 radical (unpaired) electrons. The summed E-state index contributed by atoms with van der Waals surface area (Å²) in [5.74, 6) is 0.851. The Kier molecular flexibility index (Phi) is 6.51. The van der Waals surface area contributed by atoms with Gasteiger partial charge in [-0.2, -0.15) is 5.26 Å². The molecule has 0 aromatic heterocycles. The Hall–Kier alpha value is -3.04. The van der Waals surface area contributed by atoms with Crippen molar-refractivity contribution in [1.82, 2.24) is 4.90 Å². The highest BCUT2D eigenvalue weighted by Gasteiger charge is 2.26. The molecule has 0 saturated carbocycles. The lowest BCUT2D eigenvalue weighted by molar-refractivity contribution is -0.132. The second kappa shape index (κ2) is 9.25. The van der Waals surface area contributed by atoms with E-state index >= 15 is 0 Å². The highest BCUT2D eigenvalue weighted by atomic mass is 16.5. The zero-order valence-electron chi connectivity index (χ0n) is 16.2. The summed E-state index contributed by atoms with van der Waals surface area (Å²) in [4.78, 5) is 16.8. The molecule has 0 spiro atoms. The van der Waals surface area contributed by atoms with Gasteiger partial charge in [0.05, 0.1) is 30.0 Å². The van der Waals surface area contributed by atoms with Gasteiger partial charge in [-0.05, 0) is 43.2 Å². The second-order valence-corrected chi connectivity index (χ2v) is 6.83. The van der Waals surface area contributed by atoms with Crippen LogP contribution in [0.15, 0.2) is 48.5 Å². The molecule has 1 aliphatic rings. The molecule has 146 valence electrons. The molecular weight excluding hydrogens is 352 g/mol. The topological polar surface area (TPSA) is 82.6 Å². The maximum atomic E-state index is 12.7. The van der Waals surface area contributed by atoms with Gasteiger partial charge in [-0.25, -0.2) is 0 Å². The zero-order chi connectivity index (χ0) is 19.9. The van der Waals surface area contributed by atoms with Crippen LogP contribution in [0, 0.1) is 11.3 Å². The number of nitrogens with zero attached hydrogens (tertiary/aromatic N) is 3. The van der Waals surface area contributed by atoms with Crippen LogP contribution in [0.5, 0.6) is 5.75 Å². The van der Waals surface area contributed by atoms with E-state index in [0.29, 0.717) is 31.7 Å². The van der Waals surface area contributed by atoms with E-state index in [9.17, 15) is 4.79 Å². The molecule has 0 bridgehead atoms. The molecule has 1 atom stereocenters. The highest BCUT2D eigenvalue weighted by Crippen LogP contribution is 2.28. The van der Waals surface area contributed by atoms with Crippen molar-refractivity contribution < 1.29 is 9.53 Å². The molecule has 6 nitrogen and oxygen atoms in total. The van der Waals surface area contributed by atoms with Crippen molar-refractivity contribution >= 4 is 11.6 Å². The Balaban J connectivity index is 1.56. The van der Waals surface area contributed by atoms with Crippen LogP contribution in [0.1, 0.15) is 18.1 Å². The summed E-state index contributed by atoms with van der Waals surface area (Å²) in [6.45, 7) is 5.38. The van der Waals surface area contributed by atoms with E-state index in [4.69, 9.17) is 15.7 Å². The SMILES string of the molecule is CCOc1ccccc1N1CCN(C(=O)C(N)Cc2ccc(C#N)cc2)CC1. The van der Waals surface area contributed by atoms with Gasteiger partial charge in [0.1, 0.15) is 5.75 Å². The Morgan fingerprint density at radius 1 is 1.14 bits per heavy atom. The molecule has 2 aromatic rings. The number of rotatable bonds is 6.